The van der Waals surface area contributed by atoms with Crippen LogP contribution in [0.4, 0.5) is 4.79 Å². The number of hydrogen-bond donors (Lipinski definition) is 2. The molecule has 4 amide bonds. The Balaban J connectivity index is 1.91. The summed E-state index contributed by atoms with van der Waals surface area (Å²) in [6.07, 6.45) is 4.73. The predicted molar refractivity (Wildman–Crippen MR) is 100 cm³/mol. The predicted octanol–water partition coefficient (Wildman–Crippen LogP) is 3.14. The number of carbonyl (C=O) groups is 3. The summed E-state index contributed by atoms with van der Waals surface area (Å²) in [7, 11) is 0. The van der Waals surface area contributed by atoms with E-state index in [-0.39, 0.29) is 24.4 Å². The molecular formula is C20H29N3O3. The molecule has 1 aliphatic rings. The minimum Gasteiger partial charge on any atom is -0.348 e. The molecule has 0 aliphatic carbocycles. The number of carbonyl (C=O) groups excluding carboxylic acids is 3. The molecule has 2 rings (SSSR count). The first-order chi connectivity index (χ1) is 12.4. The molecule has 0 unspecified atom stereocenters. The van der Waals surface area contributed by atoms with Crippen LogP contribution in [0.15, 0.2) is 30.3 Å². The van der Waals surface area contributed by atoms with E-state index in [2.05, 4.69) is 17.6 Å². The van der Waals surface area contributed by atoms with E-state index in [1.807, 2.05) is 37.3 Å². The normalized spacial score (nSPS) is 20.8. The molecule has 1 aliphatic heterocycles. The molecule has 0 radical (unpaired) electrons. The molecule has 142 valence electrons. The summed E-state index contributed by atoms with van der Waals surface area (Å²) < 4.78 is 0. The fourth-order valence-corrected chi connectivity index (χ4v) is 3.22. The highest BCUT2D eigenvalue weighted by atomic mass is 16.2. The zero-order valence-electron chi connectivity index (χ0n) is 15.9. The van der Waals surface area contributed by atoms with Gasteiger partial charge in [-0.25, -0.2) is 4.79 Å². The van der Waals surface area contributed by atoms with Crippen molar-refractivity contribution in [2.45, 2.75) is 64.5 Å². The number of urea groups is 1. The number of unbranched alkanes of at least 4 members (excludes halogenated alkanes) is 3. The lowest BCUT2D eigenvalue weighted by atomic mass is 9.94. The Morgan fingerprint density at radius 2 is 1.88 bits per heavy atom. The first-order valence-electron chi connectivity index (χ1n) is 9.36. The van der Waals surface area contributed by atoms with Crippen molar-refractivity contribution in [3.05, 3.63) is 35.9 Å². The van der Waals surface area contributed by atoms with Crippen molar-refractivity contribution in [2.24, 2.45) is 0 Å². The quantitative estimate of drug-likeness (QED) is 0.525. The number of imide groups is 1. The monoisotopic (exact) mass is 359 g/mol. The minimum atomic E-state index is -0.907. The smallest absolute Gasteiger partial charge is 0.325 e. The number of nitrogens with zero attached hydrogens (tertiary/aromatic N) is 1. The second-order valence-corrected chi connectivity index (χ2v) is 7.16. The number of amides is 4. The Morgan fingerprint density at radius 1 is 1.19 bits per heavy atom. The molecule has 1 saturated heterocycles. The summed E-state index contributed by atoms with van der Waals surface area (Å²) in [4.78, 5) is 38.2. The highest BCUT2D eigenvalue weighted by molar-refractivity contribution is 6.08. The molecule has 6 heteroatoms. The zero-order chi connectivity index (χ0) is 19.2. The van der Waals surface area contributed by atoms with E-state index in [1.54, 1.807) is 6.92 Å². The maximum absolute atomic E-state index is 12.7. The van der Waals surface area contributed by atoms with E-state index in [9.17, 15) is 14.4 Å². The van der Waals surface area contributed by atoms with Crippen molar-refractivity contribution in [2.75, 3.05) is 6.54 Å². The van der Waals surface area contributed by atoms with Crippen molar-refractivity contribution in [1.29, 1.82) is 0 Å². The van der Waals surface area contributed by atoms with Gasteiger partial charge in [-0.3, -0.25) is 14.5 Å². The summed E-state index contributed by atoms with van der Waals surface area (Å²) in [5, 5.41) is 5.59. The maximum Gasteiger partial charge on any atom is 0.325 e. The van der Waals surface area contributed by atoms with E-state index in [1.165, 1.54) is 0 Å². The summed E-state index contributed by atoms with van der Waals surface area (Å²) in [5.41, 5.74) is 0.0645. The first-order valence-corrected chi connectivity index (χ1v) is 9.36. The fraction of sp³-hybridized carbons (Fsp3) is 0.550. The number of hydrogen-bond acceptors (Lipinski definition) is 3. The van der Waals surface area contributed by atoms with Crippen molar-refractivity contribution in [3.63, 3.8) is 0 Å². The molecule has 0 bridgehead atoms. The first kappa shape index (κ1) is 19.9. The van der Waals surface area contributed by atoms with Crippen LogP contribution in [0, 0.1) is 0 Å². The highest BCUT2D eigenvalue weighted by Crippen LogP contribution is 2.24. The van der Waals surface area contributed by atoms with Crippen LogP contribution in [-0.4, -0.2) is 34.8 Å². The van der Waals surface area contributed by atoms with Gasteiger partial charge in [-0.2, -0.15) is 0 Å². The van der Waals surface area contributed by atoms with Crippen LogP contribution < -0.4 is 10.6 Å². The maximum atomic E-state index is 12.7. The molecular weight excluding hydrogens is 330 g/mol. The molecule has 2 N–H and O–H groups in total. The fourth-order valence-electron chi connectivity index (χ4n) is 3.22. The third-order valence-corrected chi connectivity index (χ3v) is 4.85. The Hall–Kier alpha value is -2.37. The van der Waals surface area contributed by atoms with E-state index < -0.39 is 11.6 Å². The van der Waals surface area contributed by atoms with Crippen LogP contribution in [0.2, 0.25) is 0 Å². The lowest BCUT2D eigenvalue weighted by Gasteiger charge is -2.22. The van der Waals surface area contributed by atoms with Crippen LogP contribution in [0.5, 0.6) is 0 Å². The van der Waals surface area contributed by atoms with Gasteiger partial charge >= 0.3 is 6.03 Å². The Bertz CT molecular complexity index is 647. The second-order valence-electron chi connectivity index (χ2n) is 7.16. The van der Waals surface area contributed by atoms with E-state index in [4.69, 9.17) is 0 Å². The molecule has 0 saturated carbocycles. The Labute approximate surface area is 155 Å². The van der Waals surface area contributed by atoms with Gasteiger partial charge in [0.25, 0.3) is 5.91 Å². The Kier molecular flexibility index (Phi) is 6.77. The molecule has 0 spiro atoms. The summed E-state index contributed by atoms with van der Waals surface area (Å²) in [6, 6.07) is 8.88. The van der Waals surface area contributed by atoms with Crippen LogP contribution in [-0.2, 0) is 9.59 Å². The highest BCUT2D eigenvalue weighted by Gasteiger charge is 2.47. The van der Waals surface area contributed by atoms with Crippen LogP contribution in [0.25, 0.3) is 0 Å². The summed E-state index contributed by atoms with van der Waals surface area (Å²) in [5.74, 6) is -0.665. The van der Waals surface area contributed by atoms with Gasteiger partial charge in [0.05, 0.1) is 6.04 Å². The van der Waals surface area contributed by atoms with E-state index in [0.29, 0.717) is 6.42 Å². The zero-order valence-corrected chi connectivity index (χ0v) is 15.9. The lowest BCUT2D eigenvalue weighted by Crippen LogP contribution is -2.45. The van der Waals surface area contributed by atoms with E-state index >= 15 is 0 Å². The van der Waals surface area contributed by atoms with Gasteiger partial charge in [0, 0.05) is 0 Å². The molecule has 26 heavy (non-hydrogen) atoms. The second kappa shape index (κ2) is 8.83. The van der Waals surface area contributed by atoms with Gasteiger partial charge in [0.1, 0.15) is 12.1 Å². The molecule has 1 fully saturated rings. The molecule has 2 atom stereocenters. The lowest BCUT2D eigenvalue weighted by molar-refractivity contribution is -0.135. The third-order valence-electron chi connectivity index (χ3n) is 4.85. The molecule has 1 heterocycles. The van der Waals surface area contributed by atoms with Gasteiger partial charge in [0.15, 0.2) is 0 Å². The summed E-state index contributed by atoms with van der Waals surface area (Å²) in [6.45, 7) is 5.48. The van der Waals surface area contributed by atoms with Crippen molar-refractivity contribution in [3.8, 4) is 0 Å². The Morgan fingerprint density at radius 3 is 2.54 bits per heavy atom. The largest absolute Gasteiger partial charge is 0.348 e. The average molecular weight is 359 g/mol. The van der Waals surface area contributed by atoms with Gasteiger partial charge < -0.3 is 10.6 Å². The molecule has 0 aromatic heterocycles. The minimum absolute atomic E-state index is 0.190. The van der Waals surface area contributed by atoms with Gasteiger partial charge in [0.2, 0.25) is 5.91 Å². The van der Waals surface area contributed by atoms with Crippen LogP contribution in [0.3, 0.4) is 0 Å². The van der Waals surface area contributed by atoms with Crippen LogP contribution in [0.1, 0.15) is 64.5 Å². The average Bonchev–Trinajstić information content (AvgIpc) is 2.83. The standard InChI is InChI=1S/C20H29N3O3/c1-4-5-6-10-13-20(3)18(25)23(19(26)22-20)14-17(24)21-15(2)16-11-8-7-9-12-16/h7-9,11-12,15H,4-6,10,13-14H2,1-3H3,(H,21,24)(H,22,26)/t15-,20+/m1/s1. The van der Waals surface area contributed by atoms with Crippen LogP contribution >= 0.6 is 0 Å². The van der Waals surface area contributed by atoms with Crippen molar-refractivity contribution < 1.29 is 14.4 Å². The topological polar surface area (TPSA) is 78.5 Å². The number of benzene rings is 1. The third kappa shape index (κ3) is 4.84. The molecule has 6 nitrogen and oxygen atoms in total. The number of nitrogens with one attached hydrogen (secondary N) is 2. The van der Waals surface area contributed by atoms with Gasteiger partial charge in [-0.1, -0.05) is 62.9 Å². The molecule has 1 aromatic carbocycles. The SMILES string of the molecule is CCCCCC[C@]1(C)NC(=O)N(CC(=O)N[C@H](C)c2ccccc2)C1=O. The van der Waals surface area contributed by atoms with Gasteiger partial charge in [-0.15, -0.1) is 0 Å². The van der Waals surface area contributed by atoms with Crippen molar-refractivity contribution >= 4 is 17.8 Å². The summed E-state index contributed by atoms with van der Waals surface area (Å²) >= 11 is 0. The van der Waals surface area contributed by atoms with Gasteiger partial charge in [-0.05, 0) is 25.8 Å². The molecule has 1 aromatic rings. The number of rotatable bonds is 9. The van der Waals surface area contributed by atoms with E-state index in [0.717, 1.165) is 36.1 Å². The van der Waals surface area contributed by atoms with Crippen molar-refractivity contribution in [1.82, 2.24) is 15.5 Å².